The molecule has 1 aromatic heterocycles. The van der Waals surface area contributed by atoms with Crippen LogP contribution in [0.25, 0.3) is 0 Å². The topological polar surface area (TPSA) is 90.0 Å². The van der Waals surface area contributed by atoms with Gasteiger partial charge in [0.25, 0.3) is 0 Å². The first-order valence-corrected chi connectivity index (χ1v) is 8.47. The van der Waals surface area contributed by atoms with Gasteiger partial charge in [0.05, 0.1) is 33.9 Å². The van der Waals surface area contributed by atoms with Crippen molar-refractivity contribution >= 4 is 25.8 Å². The van der Waals surface area contributed by atoms with Crippen LogP contribution in [0, 0.1) is 5.92 Å². The molecule has 18 heavy (non-hydrogen) atoms. The minimum absolute atomic E-state index is 0.00157. The number of halogens is 1. The number of aryl methyl sites for hydroxylation is 1. The molecular formula is C10H17BrN4O2S. The van der Waals surface area contributed by atoms with Gasteiger partial charge in [0.15, 0.2) is 9.84 Å². The summed E-state index contributed by atoms with van der Waals surface area (Å²) in [6.45, 7) is 2.71. The van der Waals surface area contributed by atoms with E-state index in [1.165, 1.54) is 0 Å². The van der Waals surface area contributed by atoms with Gasteiger partial charge in [-0.1, -0.05) is 0 Å². The van der Waals surface area contributed by atoms with Crippen LogP contribution in [0.5, 0.6) is 0 Å². The number of sulfone groups is 1. The van der Waals surface area contributed by atoms with E-state index in [-0.39, 0.29) is 23.5 Å². The Hall–Kier alpha value is -0.440. The summed E-state index contributed by atoms with van der Waals surface area (Å²) in [6.07, 6.45) is 2.35. The van der Waals surface area contributed by atoms with Gasteiger partial charge in [0.1, 0.15) is 0 Å². The first-order valence-electron chi connectivity index (χ1n) is 5.86. The Bertz CT molecular complexity index is 528. The fourth-order valence-electron chi connectivity index (χ4n) is 2.46. The van der Waals surface area contributed by atoms with E-state index in [2.05, 4.69) is 26.5 Å². The van der Waals surface area contributed by atoms with E-state index in [1.54, 1.807) is 6.20 Å². The van der Waals surface area contributed by atoms with Crippen molar-refractivity contribution in [3.8, 4) is 0 Å². The zero-order chi connectivity index (χ0) is 13.3. The third kappa shape index (κ3) is 2.61. The molecule has 0 amide bonds. The monoisotopic (exact) mass is 336 g/mol. The number of aromatic nitrogens is 2. The largest absolute Gasteiger partial charge is 0.271 e. The average Bonchev–Trinajstić information content (AvgIpc) is 2.85. The lowest BCUT2D eigenvalue weighted by Gasteiger charge is -2.23. The van der Waals surface area contributed by atoms with Crippen molar-refractivity contribution in [3.05, 3.63) is 16.4 Å². The van der Waals surface area contributed by atoms with Gasteiger partial charge < -0.3 is 0 Å². The number of nitrogens with one attached hydrogen (secondary N) is 1. The molecule has 6 nitrogen and oxygen atoms in total. The van der Waals surface area contributed by atoms with E-state index in [4.69, 9.17) is 5.84 Å². The van der Waals surface area contributed by atoms with Crippen molar-refractivity contribution in [2.24, 2.45) is 11.8 Å². The molecule has 0 spiro atoms. The number of nitrogens with zero attached hydrogens (tertiary/aromatic N) is 2. The van der Waals surface area contributed by atoms with E-state index in [1.807, 2.05) is 11.6 Å². The first kappa shape index (κ1) is 14.0. The highest BCUT2D eigenvalue weighted by atomic mass is 79.9. The molecule has 2 heterocycles. The molecule has 1 aromatic rings. The van der Waals surface area contributed by atoms with E-state index in [0.29, 0.717) is 6.42 Å². The molecule has 1 aliphatic rings. The van der Waals surface area contributed by atoms with Gasteiger partial charge >= 0.3 is 0 Å². The summed E-state index contributed by atoms with van der Waals surface area (Å²) < 4.78 is 25.8. The van der Waals surface area contributed by atoms with Gasteiger partial charge in [-0.25, -0.2) is 8.42 Å². The fraction of sp³-hybridized carbons (Fsp3) is 0.700. The Balaban J connectivity index is 2.31. The molecule has 0 bridgehead atoms. The number of hydrogen-bond acceptors (Lipinski definition) is 5. The normalized spacial score (nSPS) is 24.3. The molecule has 1 fully saturated rings. The van der Waals surface area contributed by atoms with E-state index >= 15 is 0 Å². The summed E-state index contributed by atoms with van der Waals surface area (Å²) in [5.74, 6) is 6.04. The molecule has 1 aliphatic heterocycles. The highest BCUT2D eigenvalue weighted by Gasteiger charge is 2.36. The molecule has 2 rings (SSSR count). The number of nitrogens with two attached hydrogens (primary N) is 1. The van der Waals surface area contributed by atoms with Crippen molar-refractivity contribution in [2.45, 2.75) is 25.9 Å². The van der Waals surface area contributed by atoms with Crippen LogP contribution in [-0.2, 0) is 16.4 Å². The predicted octanol–water partition coefficient (Wildman–Crippen LogP) is 0.605. The second-order valence-electron chi connectivity index (χ2n) is 4.50. The van der Waals surface area contributed by atoms with Crippen LogP contribution in [-0.4, -0.2) is 29.7 Å². The molecule has 0 radical (unpaired) electrons. The molecule has 102 valence electrons. The summed E-state index contributed by atoms with van der Waals surface area (Å²) in [5, 5.41) is 4.24. The Morgan fingerprint density at radius 1 is 1.72 bits per heavy atom. The number of rotatable bonds is 4. The maximum absolute atomic E-state index is 11.6. The van der Waals surface area contributed by atoms with E-state index < -0.39 is 9.84 Å². The second kappa shape index (κ2) is 5.28. The van der Waals surface area contributed by atoms with Crippen LogP contribution in [0.3, 0.4) is 0 Å². The van der Waals surface area contributed by atoms with Crippen LogP contribution in [0.2, 0.25) is 0 Å². The molecule has 1 saturated heterocycles. The maximum Gasteiger partial charge on any atom is 0.150 e. The Kier molecular flexibility index (Phi) is 4.10. The average molecular weight is 337 g/mol. The highest BCUT2D eigenvalue weighted by Crippen LogP contribution is 2.34. The number of hydrogen-bond donors (Lipinski definition) is 2. The summed E-state index contributed by atoms with van der Waals surface area (Å²) >= 11 is 3.45. The van der Waals surface area contributed by atoms with Crippen LogP contribution in [0.15, 0.2) is 10.7 Å². The molecule has 2 atom stereocenters. The third-order valence-corrected chi connectivity index (χ3v) is 5.75. The van der Waals surface area contributed by atoms with Gasteiger partial charge in [-0.15, -0.1) is 0 Å². The molecule has 0 saturated carbocycles. The second-order valence-corrected chi connectivity index (χ2v) is 7.58. The molecule has 8 heteroatoms. The fourth-order valence-corrected chi connectivity index (χ4v) is 4.84. The Morgan fingerprint density at radius 3 is 2.94 bits per heavy atom. The minimum Gasteiger partial charge on any atom is -0.271 e. The SMILES string of the molecule is CCn1ncc(Br)c1C(NN)C1CCS(=O)(=O)C1. The van der Waals surface area contributed by atoms with Crippen LogP contribution >= 0.6 is 15.9 Å². The number of hydrazine groups is 1. The molecule has 2 unspecified atom stereocenters. The zero-order valence-corrected chi connectivity index (χ0v) is 12.5. The lowest BCUT2D eigenvalue weighted by atomic mass is 9.97. The van der Waals surface area contributed by atoms with E-state index in [9.17, 15) is 8.42 Å². The Labute approximate surface area is 115 Å². The van der Waals surface area contributed by atoms with E-state index in [0.717, 1.165) is 16.7 Å². The van der Waals surface area contributed by atoms with Crippen LogP contribution in [0.4, 0.5) is 0 Å². The van der Waals surface area contributed by atoms with Crippen molar-refractivity contribution in [3.63, 3.8) is 0 Å². The van der Waals surface area contributed by atoms with Gasteiger partial charge in [0, 0.05) is 6.54 Å². The molecular weight excluding hydrogens is 320 g/mol. The van der Waals surface area contributed by atoms with Crippen molar-refractivity contribution in [2.75, 3.05) is 11.5 Å². The lowest BCUT2D eigenvalue weighted by Crippen LogP contribution is -2.36. The smallest absolute Gasteiger partial charge is 0.150 e. The molecule has 0 aromatic carbocycles. The molecule has 0 aliphatic carbocycles. The van der Waals surface area contributed by atoms with Crippen LogP contribution in [0.1, 0.15) is 25.1 Å². The minimum atomic E-state index is -2.91. The van der Waals surface area contributed by atoms with Crippen molar-refractivity contribution < 1.29 is 8.42 Å². The van der Waals surface area contributed by atoms with Gasteiger partial charge in [0.2, 0.25) is 0 Å². The summed E-state index contributed by atoms with van der Waals surface area (Å²) in [4.78, 5) is 0. The van der Waals surface area contributed by atoms with Crippen molar-refractivity contribution in [1.29, 1.82) is 0 Å². The lowest BCUT2D eigenvalue weighted by molar-refractivity contribution is 0.372. The van der Waals surface area contributed by atoms with Gasteiger partial charge in [-0.3, -0.25) is 16.0 Å². The van der Waals surface area contributed by atoms with Crippen molar-refractivity contribution in [1.82, 2.24) is 15.2 Å². The van der Waals surface area contributed by atoms with Gasteiger partial charge in [-0.05, 0) is 35.2 Å². The maximum atomic E-state index is 11.6. The first-order chi connectivity index (χ1) is 8.48. The predicted molar refractivity (Wildman–Crippen MR) is 72.4 cm³/mol. The summed E-state index contributed by atoms with van der Waals surface area (Å²) in [5.41, 5.74) is 3.66. The zero-order valence-electron chi connectivity index (χ0n) is 10.1. The van der Waals surface area contributed by atoms with Crippen LogP contribution < -0.4 is 11.3 Å². The molecule has 3 N–H and O–H groups in total. The standard InChI is InChI=1S/C10H17BrN4O2S/c1-2-15-10(8(11)5-13-15)9(14-12)7-3-4-18(16,17)6-7/h5,7,9,14H,2-4,6,12H2,1H3. The van der Waals surface area contributed by atoms with Gasteiger partial charge in [-0.2, -0.15) is 5.10 Å². The summed E-state index contributed by atoms with van der Waals surface area (Å²) in [7, 11) is -2.91. The highest BCUT2D eigenvalue weighted by molar-refractivity contribution is 9.10. The Morgan fingerprint density at radius 2 is 2.44 bits per heavy atom. The summed E-state index contributed by atoms with van der Waals surface area (Å²) in [6, 6.07) is -0.195. The third-order valence-electron chi connectivity index (χ3n) is 3.35. The quantitative estimate of drug-likeness (QED) is 0.620.